The molecule has 4 nitrogen and oxygen atoms in total. The predicted molar refractivity (Wildman–Crippen MR) is 70.3 cm³/mol. The summed E-state index contributed by atoms with van der Waals surface area (Å²) in [6.07, 6.45) is 1.37. The van der Waals surface area contributed by atoms with Crippen molar-refractivity contribution in [3.05, 3.63) is 24.4 Å². The maximum absolute atomic E-state index is 13.1. The third-order valence-corrected chi connectivity index (χ3v) is 3.40. The van der Waals surface area contributed by atoms with E-state index in [2.05, 4.69) is 9.97 Å². The molecule has 100 valence electrons. The highest BCUT2D eigenvalue weighted by Gasteiger charge is 2.34. The first-order chi connectivity index (χ1) is 9.03. The van der Waals surface area contributed by atoms with E-state index in [-0.39, 0.29) is 12.8 Å². The van der Waals surface area contributed by atoms with Gasteiger partial charge in [-0.2, -0.15) is 0 Å². The Labute approximate surface area is 109 Å². The van der Waals surface area contributed by atoms with Crippen LogP contribution in [0.3, 0.4) is 0 Å². The highest BCUT2D eigenvalue weighted by molar-refractivity contribution is 5.81. The van der Waals surface area contributed by atoms with Gasteiger partial charge in [0, 0.05) is 31.3 Å². The molecule has 0 unspecified atom stereocenters. The summed E-state index contributed by atoms with van der Waals surface area (Å²) < 4.78 is 26.2. The van der Waals surface area contributed by atoms with Gasteiger partial charge in [0.15, 0.2) is 0 Å². The molecule has 1 aliphatic rings. The van der Waals surface area contributed by atoms with Gasteiger partial charge in [0.1, 0.15) is 11.6 Å². The summed E-state index contributed by atoms with van der Waals surface area (Å²) in [7, 11) is 0. The van der Waals surface area contributed by atoms with Crippen molar-refractivity contribution >= 4 is 22.5 Å². The third-order valence-electron chi connectivity index (χ3n) is 3.40. The average Bonchev–Trinajstić information content (AvgIpc) is 2.38. The molecule has 0 spiro atoms. The molecule has 0 saturated carbocycles. The lowest BCUT2D eigenvalue weighted by atomic mass is 10.1. The van der Waals surface area contributed by atoms with Crippen LogP contribution in [0.2, 0.25) is 0 Å². The maximum atomic E-state index is 13.1. The quantitative estimate of drug-likeness (QED) is 0.859. The highest BCUT2D eigenvalue weighted by Crippen LogP contribution is 2.30. The summed E-state index contributed by atoms with van der Waals surface area (Å²) in [5.41, 5.74) is 6.33. The van der Waals surface area contributed by atoms with E-state index in [1.165, 1.54) is 0 Å². The first-order valence-corrected chi connectivity index (χ1v) is 6.19. The van der Waals surface area contributed by atoms with Gasteiger partial charge in [0.2, 0.25) is 0 Å². The predicted octanol–water partition coefficient (Wildman–Crippen LogP) is 2.45. The lowest BCUT2D eigenvalue weighted by Crippen LogP contribution is -2.39. The molecule has 3 heterocycles. The Hall–Kier alpha value is -1.98. The number of rotatable bonds is 1. The van der Waals surface area contributed by atoms with Crippen LogP contribution in [0.15, 0.2) is 24.4 Å². The van der Waals surface area contributed by atoms with Crippen LogP contribution in [-0.4, -0.2) is 29.0 Å². The van der Waals surface area contributed by atoms with Gasteiger partial charge in [0.05, 0.1) is 11.7 Å². The summed E-state index contributed by atoms with van der Waals surface area (Å²) >= 11 is 0. The van der Waals surface area contributed by atoms with Crippen LogP contribution in [0.4, 0.5) is 20.4 Å². The summed E-state index contributed by atoms with van der Waals surface area (Å²) in [6.45, 7) is 0.655. The van der Waals surface area contributed by atoms with Gasteiger partial charge in [-0.1, -0.05) is 0 Å². The molecule has 3 rings (SSSR count). The largest absolute Gasteiger partial charge is 0.384 e. The molecular formula is C13H14F2N4. The zero-order valence-corrected chi connectivity index (χ0v) is 10.3. The van der Waals surface area contributed by atoms with E-state index in [0.717, 1.165) is 16.7 Å². The molecule has 0 amide bonds. The van der Waals surface area contributed by atoms with Crippen molar-refractivity contribution in [3.8, 4) is 0 Å². The molecule has 2 N–H and O–H groups in total. The Bertz CT molecular complexity index is 605. The van der Waals surface area contributed by atoms with E-state index < -0.39 is 5.92 Å². The van der Waals surface area contributed by atoms with Crippen LogP contribution in [0.25, 0.3) is 10.9 Å². The molecule has 6 heteroatoms. The number of nitrogens with two attached hydrogens (primary N) is 1. The smallest absolute Gasteiger partial charge is 0.251 e. The normalized spacial score (nSPS) is 18.7. The molecule has 0 atom stereocenters. The van der Waals surface area contributed by atoms with E-state index in [1.54, 1.807) is 12.3 Å². The van der Waals surface area contributed by atoms with E-state index >= 15 is 0 Å². The number of nitrogens with zero attached hydrogens (tertiary/aromatic N) is 3. The van der Waals surface area contributed by atoms with Crippen LogP contribution >= 0.6 is 0 Å². The van der Waals surface area contributed by atoms with Crippen molar-refractivity contribution in [2.24, 2.45) is 0 Å². The second-order valence-corrected chi connectivity index (χ2v) is 4.81. The number of nitrogen functional groups attached to an aromatic ring is 1. The van der Waals surface area contributed by atoms with Crippen LogP contribution < -0.4 is 10.6 Å². The SMILES string of the molecule is Nc1cc2ccc(N3CCC(F)(F)CC3)nc2cn1. The number of aromatic nitrogens is 2. The molecule has 19 heavy (non-hydrogen) atoms. The minimum atomic E-state index is -2.54. The fraction of sp³-hybridized carbons (Fsp3) is 0.385. The second-order valence-electron chi connectivity index (χ2n) is 4.81. The molecule has 2 aromatic heterocycles. The minimum Gasteiger partial charge on any atom is -0.384 e. The molecule has 1 saturated heterocycles. The number of piperidine rings is 1. The standard InChI is InChI=1S/C13H14F2N4/c14-13(15)3-5-19(6-4-13)12-2-1-9-7-11(16)17-8-10(9)18-12/h1-2,7-8H,3-6H2,(H2,16,17). The van der Waals surface area contributed by atoms with Gasteiger partial charge in [-0.15, -0.1) is 0 Å². The molecule has 0 aliphatic carbocycles. The summed E-state index contributed by atoms with van der Waals surface area (Å²) in [4.78, 5) is 10.3. The zero-order chi connectivity index (χ0) is 13.5. The molecule has 0 aromatic carbocycles. The van der Waals surface area contributed by atoms with E-state index in [1.807, 2.05) is 17.0 Å². The average molecular weight is 264 g/mol. The highest BCUT2D eigenvalue weighted by atomic mass is 19.3. The molecule has 0 bridgehead atoms. The van der Waals surface area contributed by atoms with E-state index in [0.29, 0.717) is 18.9 Å². The van der Waals surface area contributed by atoms with Gasteiger partial charge >= 0.3 is 0 Å². The van der Waals surface area contributed by atoms with E-state index in [4.69, 9.17) is 5.73 Å². The van der Waals surface area contributed by atoms with Crippen molar-refractivity contribution in [3.63, 3.8) is 0 Å². The van der Waals surface area contributed by atoms with Crippen molar-refractivity contribution in [2.45, 2.75) is 18.8 Å². The Morgan fingerprint density at radius 2 is 1.95 bits per heavy atom. The first kappa shape index (κ1) is 12.1. The summed E-state index contributed by atoms with van der Waals surface area (Å²) in [5.74, 6) is -1.38. The Balaban J connectivity index is 1.88. The van der Waals surface area contributed by atoms with Crippen LogP contribution in [-0.2, 0) is 0 Å². The Kier molecular flexibility index (Phi) is 2.73. The van der Waals surface area contributed by atoms with Gasteiger partial charge in [-0.05, 0) is 18.2 Å². The molecule has 1 fully saturated rings. The summed E-state index contributed by atoms with van der Waals surface area (Å²) in [5, 5.41) is 0.901. The second kappa shape index (κ2) is 4.29. The van der Waals surface area contributed by atoms with Gasteiger partial charge in [-0.3, -0.25) is 0 Å². The van der Waals surface area contributed by atoms with Gasteiger partial charge in [-0.25, -0.2) is 18.7 Å². The minimum absolute atomic E-state index is 0.118. The molecule has 0 radical (unpaired) electrons. The molecule has 1 aliphatic heterocycles. The topological polar surface area (TPSA) is 55.0 Å². The number of anilines is 2. The lowest BCUT2D eigenvalue weighted by Gasteiger charge is -2.32. The summed E-state index contributed by atoms with van der Waals surface area (Å²) in [6, 6.07) is 5.48. The first-order valence-electron chi connectivity index (χ1n) is 6.19. The Morgan fingerprint density at radius 1 is 1.21 bits per heavy atom. The van der Waals surface area contributed by atoms with Crippen molar-refractivity contribution in [1.29, 1.82) is 0 Å². The fourth-order valence-electron chi connectivity index (χ4n) is 2.27. The third kappa shape index (κ3) is 2.43. The van der Waals surface area contributed by atoms with Gasteiger partial charge in [0.25, 0.3) is 5.92 Å². The van der Waals surface area contributed by atoms with Crippen molar-refractivity contribution in [2.75, 3.05) is 23.7 Å². The Morgan fingerprint density at radius 3 is 2.68 bits per heavy atom. The lowest BCUT2D eigenvalue weighted by molar-refractivity contribution is -0.0221. The fourth-order valence-corrected chi connectivity index (χ4v) is 2.27. The van der Waals surface area contributed by atoms with Crippen molar-refractivity contribution in [1.82, 2.24) is 9.97 Å². The number of halogens is 2. The van der Waals surface area contributed by atoms with E-state index in [9.17, 15) is 8.78 Å². The number of alkyl halides is 2. The van der Waals surface area contributed by atoms with Crippen LogP contribution in [0, 0.1) is 0 Å². The number of hydrogen-bond acceptors (Lipinski definition) is 4. The number of fused-ring (bicyclic) bond motifs is 1. The zero-order valence-electron chi connectivity index (χ0n) is 10.3. The molecule has 2 aromatic rings. The number of pyridine rings is 2. The van der Waals surface area contributed by atoms with Gasteiger partial charge < -0.3 is 10.6 Å². The monoisotopic (exact) mass is 264 g/mol. The molecular weight excluding hydrogens is 250 g/mol. The maximum Gasteiger partial charge on any atom is 0.251 e. The van der Waals surface area contributed by atoms with Crippen LogP contribution in [0.5, 0.6) is 0 Å². The van der Waals surface area contributed by atoms with Crippen molar-refractivity contribution < 1.29 is 8.78 Å². The number of hydrogen-bond donors (Lipinski definition) is 1. The van der Waals surface area contributed by atoms with Crippen LogP contribution in [0.1, 0.15) is 12.8 Å².